The third-order valence-corrected chi connectivity index (χ3v) is 2.32. The summed E-state index contributed by atoms with van der Waals surface area (Å²) in [5, 5.41) is 0. The molecule has 1 N–H and O–H groups in total. The minimum absolute atomic E-state index is 0.170. The van der Waals surface area contributed by atoms with E-state index in [0.29, 0.717) is 0 Å². The summed E-state index contributed by atoms with van der Waals surface area (Å²) in [5.74, 6) is -0.861. The molecule has 0 heterocycles. The fraction of sp³-hybridized carbons (Fsp3) is 0.857. The zero-order valence-corrected chi connectivity index (χ0v) is 9.09. The quantitative estimate of drug-likeness (QED) is 0.479. The summed E-state index contributed by atoms with van der Waals surface area (Å²) in [6.07, 6.45) is -0.170. The molecule has 0 saturated heterocycles. The molecule has 0 unspecified atom stereocenters. The van der Waals surface area contributed by atoms with Crippen LogP contribution in [0.4, 0.5) is 0 Å². The summed E-state index contributed by atoms with van der Waals surface area (Å²) < 4.78 is 26.7. The molecule has 0 aliphatic carbocycles. The molecule has 0 saturated carbocycles. The average Bonchev–Trinajstić information content (AvgIpc) is 2.13. The third-order valence-electron chi connectivity index (χ3n) is 1.21. The number of hydrogen-bond donors (Lipinski definition) is 1. The molecule has 0 fully saturated rings. The van der Waals surface area contributed by atoms with Gasteiger partial charge in [-0.3, -0.25) is 9.63 Å². The summed E-state index contributed by atoms with van der Waals surface area (Å²) in [7, 11) is -3.53. The molecular formula is C7H15NO5S. The zero-order valence-electron chi connectivity index (χ0n) is 8.28. The Bertz CT molecular complexity index is 261. The highest BCUT2D eigenvalue weighted by atomic mass is 32.2. The van der Waals surface area contributed by atoms with Crippen LogP contribution in [0.25, 0.3) is 0 Å². The maximum atomic E-state index is 11.1. The Morgan fingerprint density at radius 2 is 1.93 bits per heavy atom. The SMILES string of the molecule is CCONS(=O)(=O)CCC(=O)OCC. The highest BCUT2D eigenvalue weighted by molar-refractivity contribution is 7.89. The fourth-order valence-electron chi connectivity index (χ4n) is 0.641. The molecule has 0 spiro atoms. The van der Waals surface area contributed by atoms with Gasteiger partial charge < -0.3 is 4.74 Å². The van der Waals surface area contributed by atoms with Gasteiger partial charge in [-0.2, -0.15) is 0 Å². The Labute approximate surface area is 83.6 Å². The molecule has 14 heavy (non-hydrogen) atoms. The summed E-state index contributed by atoms with van der Waals surface area (Å²) in [6, 6.07) is 0. The first-order valence-corrected chi connectivity index (χ1v) is 5.94. The Hall–Kier alpha value is -0.660. The zero-order chi connectivity index (χ0) is 11.0. The molecule has 0 aliphatic rings. The second-order valence-corrected chi connectivity index (χ2v) is 4.19. The Morgan fingerprint density at radius 3 is 2.43 bits per heavy atom. The van der Waals surface area contributed by atoms with Crippen LogP contribution in [0.1, 0.15) is 20.3 Å². The van der Waals surface area contributed by atoms with Gasteiger partial charge >= 0.3 is 5.97 Å². The number of sulfonamides is 1. The van der Waals surface area contributed by atoms with E-state index in [9.17, 15) is 13.2 Å². The lowest BCUT2D eigenvalue weighted by atomic mass is 10.5. The summed E-state index contributed by atoms with van der Waals surface area (Å²) in [4.78, 5) is 17.2. The maximum absolute atomic E-state index is 11.1. The molecule has 0 aliphatic heterocycles. The molecule has 7 heteroatoms. The van der Waals surface area contributed by atoms with Gasteiger partial charge in [0.05, 0.1) is 25.4 Å². The van der Waals surface area contributed by atoms with E-state index < -0.39 is 16.0 Å². The van der Waals surface area contributed by atoms with Gasteiger partial charge in [-0.05, 0) is 13.8 Å². The van der Waals surface area contributed by atoms with Crippen LogP contribution in [0.15, 0.2) is 0 Å². The monoisotopic (exact) mass is 225 g/mol. The lowest BCUT2D eigenvalue weighted by molar-refractivity contribution is -0.142. The first-order valence-electron chi connectivity index (χ1n) is 4.28. The minimum atomic E-state index is -3.53. The van der Waals surface area contributed by atoms with Crippen LogP contribution in [0.2, 0.25) is 0 Å². The van der Waals surface area contributed by atoms with Crippen LogP contribution < -0.4 is 4.89 Å². The molecule has 0 atom stereocenters. The van der Waals surface area contributed by atoms with Gasteiger partial charge in [0, 0.05) is 0 Å². The Kier molecular flexibility index (Phi) is 6.43. The lowest BCUT2D eigenvalue weighted by Crippen LogP contribution is -2.28. The van der Waals surface area contributed by atoms with Crippen LogP contribution in [0.5, 0.6) is 0 Å². The highest BCUT2D eigenvalue weighted by Crippen LogP contribution is 1.92. The average molecular weight is 225 g/mol. The van der Waals surface area contributed by atoms with Crippen molar-refractivity contribution in [2.75, 3.05) is 19.0 Å². The second kappa shape index (κ2) is 6.74. The van der Waals surface area contributed by atoms with Crippen LogP contribution in [-0.2, 0) is 24.4 Å². The molecule has 0 aromatic heterocycles. The molecule has 0 radical (unpaired) electrons. The van der Waals surface area contributed by atoms with Crippen molar-refractivity contribution in [3.05, 3.63) is 0 Å². The van der Waals surface area contributed by atoms with E-state index in [1.54, 1.807) is 13.8 Å². The van der Waals surface area contributed by atoms with E-state index in [0.717, 1.165) is 0 Å². The topological polar surface area (TPSA) is 81.7 Å². The number of rotatable bonds is 7. The van der Waals surface area contributed by atoms with Crippen molar-refractivity contribution in [1.82, 2.24) is 4.89 Å². The number of ether oxygens (including phenoxy) is 1. The second-order valence-electron chi connectivity index (χ2n) is 2.39. The van der Waals surface area contributed by atoms with E-state index in [2.05, 4.69) is 9.57 Å². The van der Waals surface area contributed by atoms with Crippen molar-refractivity contribution in [2.45, 2.75) is 20.3 Å². The van der Waals surface area contributed by atoms with Crippen molar-refractivity contribution in [2.24, 2.45) is 0 Å². The van der Waals surface area contributed by atoms with E-state index in [-0.39, 0.29) is 25.4 Å². The Balaban J connectivity index is 3.81. The van der Waals surface area contributed by atoms with E-state index in [1.165, 1.54) is 0 Å². The van der Waals surface area contributed by atoms with Crippen molar-refractivity contribution >= 4 is 16.0 Å². The normalized spacial score (nSPS) is 11.3. The summed E-state index contributed by atoms with van der Waals surface area (Å²) in [5.41, 5.74) is 0. The number of carbonyl (C=O) groups is 1. The molecule has 0 bridgehead atoms. The summed E-state index contributed by atoms with van der Waals surface area (Å²) in [6.45, 7) is 3.79. The van der Waals surface area contributed by atoms with Gasteiger partial charge in [0.2, 0.25) is 10.0 Å². The third kappa shape index (κ3) is 6.81. The largest absolute Gasteiger partial charge is 0.466 e. The van der Waals surface area contributed by atoms with E-state index >= 15 is 0 Å². The Morgan fingerprint density at radius 1 is 1.29 bits per heavy atom. The molecule has 84 valence electrons. The van der Waals surface area contributed by atoms with Gasteiger partial charge in [0.15, 0.2) is 0 Å². The first-order chi connectivity index (χ1) is 6.52. The van der Waals surface area contributed by atoms with Gasteiger partial charge in [0.25, 0.3) is 0 Å². The lowest BCUT2D eigenvalue weighted by Gasteiger charge is -2.04. The van der Waals surface area contributed by atoms with Crippen LogP contribution in [0, 0.1) is 0 Å². The first kappa shape index (κ1) is 13.3. The van der Waals surface area contributed by atoms with E-state index in [4.69, 9.17) is 0 Å². The predicted molar refractivity (Wildman–Crippen MR) is 49.8 cm³/mol. The predicted octanol–water partition coefficient (Wildman–Crippen LogP) is -0.190. The van der Waals surface area contributed by atoms with Crippen molar-refractivity contribution in [3.8, 4) is 0 Å². The number of carbonyl (C=O) groups excluding carboxylic acids is 1. The van der Waals surface area contributed by atoms with Crippen LogP contribution >= 0.6 is 0 Å². The van der Waals surface area contributed by atoms with Gasteiger partial charge in [-0.1, -0.05) is 4.89 Å². The molecular weight excluding hydrogens is 210 g/mol. The standard InChI is InChI=1S/C7H15NO5S/c1-3-12-7(9)5-6-14(10,11)8-13-4-2/h8H,3-6H2,1-2H3. The van der Waals surface area contributed by atoms with Gasteiger partial charge in [0.1, 0.15) is 0 Å². The summed E-state index contributed by atoms with van der Waals surface area (Å²) >= 11 is 0. The van der Waals surface area contributed by atoms with Crippen LogP contribution in [0.3, 0.4) is 0 Å². The number of esters is 1. The van der Waals surface area contributed by atoms with E-state index in [1.807, 2.05) is 4.89 Å². The van der Waals surface area contributed by atoms with Crippen molar-refractivity contribution < 1.29 is 22.8 Å². The molecule has 0 amide bonds. The molecule has 0 rings (SSSR count). The number of nitrogens with one attached hydrogen (secondary N) is 1. The minimum Gasteiger partial charge on any atom is -0.466 e. The number of hydrogen-bond acceptors (Lipinski definition) is 5. The molecule has 6 nitrogen and oxygen atoms in total. The smallest absolute Gasteiger partial charge is 0.306 e. The molecule has 0 aromatic rings. The van der Waals surface area contributed by atoms with Crippen LogP contribution in [-0.4, -0.2) is 33.4 Å². The van der Waals surface area contributed by atoms with Crippen molar-refractivity contribution in [3.63, 3.8) is 0 Å². The highest BCUT2D eigenvalue weighted by Gasteiger charge is 2.13. The molecule has 0 aromatic carbocycles. The maximum Gasteiger partial charge on any atom is 0.306 e. The van der Waals surface area contributed by atoms with Gasteiger partial charge in [-0.25, -0.2) is 8.42 Å². The van der Waals surface area contributed by atoms with Crippen molar-refractivity contribution in [1.29, 1.82) is 0 Å². The van der Waals surface area contributed by atoms with Gasteiger partial charge in [-0.15, -0.1) is 0 Å². The fourth-order valence-corrected chi connectivity index (χ4v) is 1.46.